The fourth-order valence-corrected chi connectivity index (χ4v) is 4.81. The lowest BCUT2D eigenvalue weighted by atomic mass is 9.95. The maximum atomic E-state index is 13.3. The minimum absolute atomic E-state index is 0.0876. The third-order valence-corrected chi connectivity index (χ3v) is 6.61. The van der Waals surface area contributed by atoms with Gasteiger partial charge in [0.05, 0.1) is 22.4 Å². The molecule has 2 aliphatic heterocycles. The molecule has 172 valence electrons. The second-order valence-electron chi connectivity index (χ2n) is 8.34. The number of rotatable bonds is 5. The fraction of sp³-hybridized carbons (Fsp3) is 0.458. The van der Waals surface area contributed by atoms with Gasteiger partial charge in [0.2, 0.25) is 0 Å². The number of ether oxygens (including phenoxy) is 1. The summed E-state index contributed by atoms with van der Waals surface area (Å²) in [6.45, 7) is 5.18. The van der Waals surface area contributed by atoms with E-state index in [-0.39, 0.29) is 12.1 Å². The lowest BCUT2D eigenvalue weighted by molar-refractivity contribution is -0.0620. The van der Waals surface area contributed by atoms with Crippen molar-refractivity contribution in [3.05, 3.63) is 53.6 Å². The fourth-order valence-electron chi connectivity index (χ4n) is 4.56. The van der Waals surface area contributed by atoms with Crippen molar-refractivity contribution in [1.82, 2.24) is 0 Å². The summed E-state index contributed by atoms with van der Waals surface area (Å²) in [6.07, 6.45) is -2.01. The van der Waals surface area contributed by atoms with E-state index in [0.717, 1.165) is 36.6 Å². The Morgan fingerprint density at radius 2 is 1.72 bits per heavy atom. The van der Waals surface area contributed by atoms with Crippen LogP contribution in [0.5, 0.6) is 5.75 Å². The molecule has 2 aliphatic rings. The molecule has 8 heteroatoms. The van der Waals surface area contributed by atoms with Gasteiger partial charge in [0.1, 0.15) is 17.6 Å². The van der Waals surface area contributed by atoms with Gasteiger partial charge in [-0.2, -0.15) is 18.3 Å². The number of benzene rings is 2. The van der Waals surface area contributed by atoms with Gasteiger partial charge in [-0.05, 0) is 42.8 Å². The van der Waals surface area contributed by atoms with E-state index in [9.17, 15) is 13.2 Å². The number of alkyl halides is 3. The van der Waals surface area contributed by atoms with Gasteiger partial charge in [-0.25, -0.2) is 0 Å². The smallest absolute Gasteiger partial charge is 0.431 e. The molecular formula is C24H27ClF3N3O. The van der Waals surface area contributed by atoms with Gasteiger partial charge in [-0.1, -0.05) is 37.6 Å². The van der Waals surface area contributed by atoms with Crippen LogP contribution < -0.4 is 14.6 Å². The monoisotopic (exact) mass is 465 g/mol. The Bertz CT molecular complexity index is 956. The Balaban J connectivity index is 1.38. The van der Waals surface area contributed by atoms with Crippen LogP contribution in [0.4, 0.5) is 24.5 Å². The third-order valence-electron chi connectivity index (χ3n) is 6.29. The Labute approximate surface area is 191 Å². The lowest BCUT2D eigenvalue weighted by Crippen LogP contribution is -2.38. The molecule has 2 aromatic carbocycles. The van der Waals surface area contributed by atoms with Crippen molar-refractivity contribution < 1.29 is 17.9 Å². The van der Waals surface area contributed by atoms with Gasteiger partial charge >= 0.3 is 6.18 Å². The van der Waals surface area contributed by atoms with Crippen molar-refractivity contribution in [2.24, 2.45) is 11.0 Å². The highest BCUT2D eigenvalue weighted by Gasteiger charge is 2.47. The van der Waals surface area contributed by atoms with E-state index < -0.39 is 17.8 Å². The molecule has 0 aliphatic carbocycles. The molecule has 1 saturated heterocycles. The van der Waals surface area contributed by atoms with E-state index in [1.807, 2.05) is 43.3 Å². The largest absolute Gasteiger partial charge is 0.490 e. The average molecular weight is 466 g/mol. The van der Waals surface area contributed by atoms with Crippen molar-refractivity contribution >= 4 is 28.7 Å². The first-order valence-corrected chi connectivity index (χ1v) is 11.4. The second kappa shape index (κ2) is 9.22. The minimum Gasteiger partial charge on any atom is -0.490 e. The molecule has 0 amide bonds. The molecule has 0 bridgehead atoms. The quantitative estimate of drug-likeness (QED) is 0.501. The molecule has 2 aromatic rings. The number of anilines is 2. The van der Waals surface area contributed by atoms with Crippen LogP contribution in [0, 0.1) is 5.92 Å². The van der Waals surface area contributed by atoms with Gasteiger partial charge in [0.15, 0.2) is 0 Å². The van der Waals surface area contributed by atoms with Gasteiger partial charge in [-0.3, -0.25) is 5.01 Å². The average Bonchev–Trinajstić information content (AvgIpc) is 3.12. The lowest BCUT2D eigenvalue weighted by Gasteiger charge is -2.34. The van der Waals surface area contributed by atoms with E-state index in [4.69, 9.17) is 16.3 Å². The van der Waals surface area contributed by atoms with Crippen LogP contribution in [-0.2, 0) is 0 Å². The van der Waals surface area contributed by atoms with Crippen molar-refractivity contribution in [1.29, 1.82) is 0 Å². The predicted molar refractivity (Wildman–Crippen MR) is 123 cm³/mol. The van der Waals surface area contributed by atoms with Crippen molar-refractivity contribution in [2.75, 3.05) is 23.0 Å². The SMILES string of the molecule is CC[C@H]1C(C)C(C(F)(F)F)=NN1c1ccc(OC2CCN(c3ccccc3Cl)CC2)cc1. The molecule has 0 N–H and O–H groups in total. The van der Waals surface area contributed by atoms with Gasteiger partial charge < -0.3 is 9.64 Å². The maximum absolute atomic E-state index is 13.3. The van der Waals surface area contributed by atoms with Crippen LogP contribution in [-0.4, -0.2) is 37.1 Å². The van der Waals surface area contributed by atoms with E-state index in [0.29, 0.717) is 17.9 Å². The highest BCUT2D eigenvalue weighted by Crippen LogP contribution is 2.37. The molecule has 1 fully saturated rings. The summed E-state index contributed by atoms with van der Waals surface area (Å²) in [5, 5.41) is 6.17. The van der Waals surface area contributed by atoms with Crippen molar-refractivity contribution in [2.45, 2.75) is 51.4 Å². The molecule has 0 aromatic heterocycles. The number of hydrogen-bond acceptors (Lipinski definition) is 4. The van der Waals surface area contributed by atoms with Crippen LogP contribution >= 0.6 is 11.6 Å². The van der Waals surface area contributed by atoms with Gasteiger partial charge in [0, 0.05) is 31.8 Å². The van der Waals surface area contributed by atoms with Crippen LogP contribution in [0.15, 0.2) is 53.6 Å². The first-order chi connectivity index (χ1) is 15.3. The molecule has 32 heavy (non-hydrogen) atoms. The molecule has 0 radical (unpaired) electrons. The number of piperidine rings is 1. The third kappa shape index (κ3) is 4.68. The molecule has 1 unspecified atom stereocenters. The minimum atomic E-state index is -4.41. The summed E-state index contributed by atoms with van der Waals surface area (Å²) < 4.78 is 46.1. The van der Waals surface area contributed by atoms with Crippen LogP contribution in [0.3, 0.4) is 0 Å². The molecule has 2 heterocycles. The summed E-state index contributed by atoms with van der Waals surface area (Å²) >= 11 is 6.31. The standard InChI is InChI=1S/C24H27ClF3N3O/c1-3-21-16(2)23(24(26,27)28)29-31(21)17-8-10-18(11-9-17)32-19-12-14-30(15-13-19)22-7-5-4-6-20(22)25/h4-11,16,19,21H,3,12-15H2,1-2H3/t16?,21-/m0/s1. The predicted octanol–water partition coefficient (Wildman–Crippen LogP) is 6.54. The highest BCUT2D eigenvalue weighted by atomic mass is 35.5. The number of nitrogens with zero attached hydrogens (tertiary/aromatic N) is 3. The number of halogens is 4. The summed E-state index contributed by atoms with van der Waals surface area (Å²) in [5.41, 5.74) is 0.972. The zero-order valence-electron chi connectivity index (χ0n) is 18.1. The zero-order chi connectivity index (χ0) is 22.9. The normalized spacial score (nSPS) is 22.2. The van der Waals surface area contributed by atoms with Gasteiger partial charge in [-0.15, -0.1) is 0 Å². The topological polar surface area (TPSA) is 28.1 Å². The highest BCUT2D eigenvalue weighted by molar-refractivity contribution is 6.33. The number of hydrogen-bond donors (Lipinski definition) is 0. The maximum Gasteiger partial charge on any atom is 0.431 e. The summed E-state index contributed by atoms with van der Waals surface area (Å²) in [6, 6.07) is 14.7. The Kier molecular flexibility index (Phi) is 6.56. The van der Waals surface area contributed by atoms with Gasteiger partial charge in [0.25, 0.3) is 0 Å². The molecule has 4 nitrogen and oxygen atoms in total. The van der Waals surface area contributed by atoms with E-state index >= 15 is 0 Å². The van der Waals surface area contributed by atoms with E-state index in [1.165, 1.54) is 5.01 Å². The zero-order valence-corrected chi connectivity index (χ0v) is 18.9. The van der Waals surface area contributed by atoms with Crippen LogP contribution in [0.2, 0.25) is 5.02 Å². The van der Waals surface area contributed by atoms with E-state index in [2.05, 4.69) is 10.0 Å². The van der Waals surface area contributed by atoms with Crippen LogP contribution in [0.25, 0.3) is 0 Å². The molecule has 0 saturated carbocycles. The first kappa shape index (κ1) is 22.8. The molecule has 0 spiro atoms. The van der Waals surface area contributed by atoms with Crippen LogP contribution in [0.1, 0.15) is 33.1 Å². The van der Waals surface area contributed by atoms with Crippen molar-refractivity contribution in [3.63, 3.8) is 0 Å². The summed E-state index contributed by atoms with van der Waals surface area (Å²) in [5.74, 6) is 0.0458. The van der Waals surface area contributed by atoms with Crippen molar-refractivity contribution in [3.8, 4) is 5.75 Å². The number of para-hydroxylation sites is 1. The Morgan fingerprint density at radius 1 is 1.06 bits per heavy atom. The molecular weight excluding hydrogens is 439 g/mol. The summed E-state index contributed by atoms with van der Waals surface area (Å²) in [7, 11) is 0. The summed E-state index contributed by atoms with van der Waals surface area (Å²) in [4.78, 5) is 2.26. The molecule has 4 rings (SSSR count). The second-order valence-corrected chi connectivity index (χ2v) is 8.75. The Morgan fingerprint density at radius 3 is 2.31 bits per heavy atom. The van der Waals surface area contributed by atoms with E-state index in [1.54, 1.807) is 19.1 Å². The number of hydrazone groups is 1. The Hall–Kier alpha value is -2.41. The first-order valence-electron chi connectivity index (χ1n) is 11.0. The molecule has 2 atom stereocenters.